The number of nitrogens with one attached hydrogen (secondary N) is 2. The van der Waals surface area contributed by atoms with Crippen LogP contribution >= 0.6 is 75.8 Å². The van der Waals surface area contributed by atoms with Gasteiger partial charge in [0.05, 0.1) is 44.0 Å². The normalized spacial score (nSPS) is 10.6. The monoisotopic (exact) mass is 718 g/mol. The van der Waals surface area contributed by atoms with Crippen molar-refractivity contribution in [1.29, 1.82) is 0 Å². The third-order valence-electron chi connectivity index (χ3n) is 5.63. The van der Waals surface area contributed by atoms with Crippen LogP contribution in [0.5, 0.6) is 11.5 Å². The molecule has 16 heteroatoms. The SMILES string of the molecule is Br.CCCn1c(CNC)nc2c(O)c(Cl)cc(Cl)c2c1=O.CNCc1nc2c(O)c(Cl)cc(Cl)c2c(=O)n1C.Cl. The van der Waals surface area contributed by atoms with Crippen LogP contribution in [0.15, 0.2) is 21.7 Å². The molecule has 0 bridgehead atoms. The molecule has 4 aromatic rings. The Kier molecular flexibility index (Phi) is 13.9. The van der Waals surface area contributed by atoms with Crippen LogP contribution in [0.1, 0.15) is 25.0 Å². The molecular formula is C24H28BrCl5N6O4. The lowest BCUT2D eigenvalue weighted by atomic mass is 10.2. The van der Waals surface area contributed by atoms with Gasteiger partial charge >= 0.3 is 0 Å². The molecule has 0 radical (unpaired) electrons. The smallest absolute Gasteiger partial charge is 0.263 e. The van der Waals surface area contributed by atoms with E-state index in [1.54, 1.807) is 25.7 Å². The van der Waals surface area contributed by atoms with Crippen LogP contribution in [0, 0.1) is 0 Å². The van der Waals surface area contributed by atoms with Crippen molar-refractivity contribution < 1.29 is 10.2 Å². The number of aromatic hydroxyl groups is 2. The van der Waals surface area contributed by atoms with Gasteiger partial charge in [-0.15, -0.1) is 29.4 Å². The van der Waals surface area contributed by atoms with Gasteiger partial charge in [-0.1, -0.05) is 53.3 Å². The summed E-state index contributed by atoms with van der Waals surface area (Å²) in [5, 5.41) is 26.6. The van der Waals surface area contributed by atoms with Gasteiger partial charge in [0, 0.05) is 13.6 Å². The second kappa shape index (κ2) is 15.4. The van der Waals surface area contributed by atoms with E-state index in [0.717, 1.165) is 6.42 Å². The van der Waals surface area contributed by atoms with Crippen molar-refractivity contribution in [3.63, 3.8) is 0 Å². The standard InChI is InChI=1S/C13H15Cl2N3O2.C11H11Cl2N3O2.BrH.ClH/c1-3-4-18-9(6-16-2)17-11-10(13(18)20)7(14)5-8(15)12(11)19;1-14-4-7-15-9-8(11(18)16(7)2)5(12)3-6(13)10(9)17;;/h5,16,19H,3-4,6H2,1-2H3;3,14,17H,4H2,1-2H3;2*1H. The number of hydrogen-bond donors (Lipinski definition) is 4. The molecule has 2 aromatic carbocycles. The van der Waals surface area contributed by atoms with Crippen LogP contribution in [0.3, 0.4) is 0 Å². The Labute approximate surface area is 266 Å². The van der Waals surface area contributed by atoms with Crippen LogP contribution in [0.25, 0.3) is 21.8 Å². The van der Waals surface area contributed by atoms with Crippen molar-refractivity contribution in [1.82, 2.24) is 29.7 Å². The van der Waals surface area contributed by atoms with Gasteiger partial charge < -0.3 is 20.8 Å². The molecule has 0 unspecified atom stereocenters. The molecule has 4 N–H and O–H groups in total. The summed E-state index contributed by atoms with van der Waals surface area (Å²) in [6.07, 6.45) is 0.793. The minimum absolute atomic E-state index is 0. The third kappa shape index (κ3) is 7.14. The molecule has 4 rings (SSSR count). The number of aromatic nitrogens is 4. The van der Waals surface area contributed by atoms with E-state index in [1.807, 2.05) is 6.92 Å². The van der Waals surface area contributed by atoms with Crippen molar-refractivity contribution in [2.75, 3.05) is 14.1 Å². The minimum Gasteiger partial charge on any atom is -0.504 e. The van der Waals surface area contributed by atoms with Crippen molar-refractivity contribution in [3.05, 3.63) is 64.6 Å². The van der Waals surface area contributed by atoms with Gasteiger partial charge in [0.1, 0.15) is 22.7 Å². The average Bonchev–Trinajstić information content (AvgIpc) is 2.86. The molecule has 10 nitrogen and oxygen atoms in total. The van der Waals surface area contributed by atoms with E-state index in [9.17, 15) is 19.8 Å². The van der Waals surface area contributed by atoms with Crippen LogP contribution in [-0.4, -0.2) is 43.4 Å². The Morgan fingerprint density at radius 1 is 0.800 bits per heavy atom. The number of phenols is 2. The van der Waals surface area contributed by atoms with Crippen LogP contribution in [0.2, 0.25) is 20.1 Å². The lowest BCUT2D eigenvalue weighted by molar-refractivity contribution is 0.479. The van der Waals surface area contributed by atoms with E-state index in [-0.39, 0.29) is 93.9 Å². The summed E-state index contributed by atoms with van der Waals surface area (Å²) in [4.78, 5) is 33.3. The predicted molar refractivity (Wildman–Crippen MR) is 170 cm³/mol. The number of halogens is 6. The Hall–Kier alpha value is -1.83. The first-order valence-corrected chi connectivity index (χ1v) is 13.0. The molecule has 0 fully saturated rings. The molecule has 0 aliphatic heterocycles. The fourth-order valence-corrected chi connectivity index (χ4v) is 4.88. The van der Waals surface area contributed by atoms with E-state index in [0.29, 0.717) is 31.3 Å². The molecular weight excluding hydrogens is 693 g/mol. The Balaban J connectivity index is 0.000000383. The summed E-state index contributed by atoms with van der Waals surface area (Å²) in [6.45, 7) is 3.32. The summed E-state index contributed by atoms with van der Waals surface area (Å²) in [5.74, 6) is 0.583. The highest BCUT2D eigenvalue weighted by atomic mass is 79.9. The number of rotatable bonds is 6. The first-order valence-electron chi connectivity index (χ1n) is 11.4. The highest BCUT2D eigenvalue weighted by Gasteiger charge is 2.18. The van der Waals surface area contributed by atoms with Crippen LogP contribution < -0.4 is 21.8 Å². The topological polar surface area (TPSA) is 134 Å². The first kappa shape index (κ1) is 36.2. The van der Waals surface area contributed by atoms with E-state index < -0.39 is 0 Å². The maximum atomic E-state index is 12.6. The summed E-state index contributed by atoms with van der Waals surface area (Å²) in [5.41, 5.74) is -0.313. The molecule has 2 aromatic heterocycles. The highest BCUT2D eigenvalue weighted by Crippen LogP contribution is 2.35. The molecule has 0 saturated carbocycles. The third-order valence-corrected chi connectivity index (χ3v) is 6.81. The number of benzene rings is 2. The Morgan fingerprint density at radius 3 is 1.68 bits per heavy atom. The van der Waals surface area contributed by atoms with E-state index >= 15 is 0 Å². The molecule has 0 aliphatic carbocycles. The maximum absolute atomic E-state index is 12.6. The lowest BCUT2D eigenvalue weighted by Gasteiger charge is -2.14. The van der Waals surface area contributed by atoms with Gasteiger partial charge in [-0.3, -0.25) is 18.7 Å². The Bertz CT molecular complexity index is 1650. The van der Waals surface area contributed by atoms with E-state index in [1.165, 1.54) is 16.7 Å². The van der Waals surface area contributed by atoms with Gasteiger partial charge in [-0.25, -0.2) is 9.97 Å². The van der Waals surface area contributed by atoms with Gasteiger partial charge in [-0.2, -0.15) is 0 Å². The summed E-state index contributed by atoms with van der Waals surface area (Å²) in [6, 6.07) is 2.69. The number of fused-ring (bicyclic) bond motifs is 2. The number of nitrogens with zero attached hydrogens (tertiary/aromatic N) is 4. The number of hydrogen-bond acceptors (Lipinski definition) is 8. The van der Waals surface area contributed by atoms with Crippen molar-refractivity contribution in [3.8, 4) is 11.5 Å². The average molecular weight is 722 g/mol. The molecule has 0 aliphatic rings. The lowest BCUT2D eigenvalue weighted by Crippen LogP contribution is -2.28. The molecule has 0 amide bonds. The van der Waals surface area contributed by atoms with E-state index in [4.69, 9.17) is 46.4 Å². The molecule has 0 saturated heterocycles. The molecule has 40 heavy (non-hydrogen) atoms. The van der Waals surface area contributed by atoms with Gasteiger partial charge in [0.25, 0.3) is 11.1 Å². The molecule has 2 heterocycles. The maximum Gasteiger partial charge on any atom is 0.263 e. The zero-order valence-electron chi connectivity index (χ0n) is 21.8. The Morgan fingerprint density at radius 2 is 1.23 bits per heavy atom. The fourth-order valence-electron chi connectivity index (χ4n) is 3.81. The number of phenolic OH excluding ortho intramolecular Hbond substituents is 2. The van der Waals surface area contributed by atoms with Gasteiger partial charge in [0.15, 0.2) is 11.5 Å². The van der Waals surface area contributed by atoms with Crippen molar-refractivity contribution in [2.24, 2.45) is 7.05 Å². The molecule has 0 spiro atoms. The van der Waals surface area contributed by atoms with Crippen molar-refractivity contribution >= 4 is 97.6 Å². The largest absolute Gasteiger partial charge is 0.504 e. The fraction of sp³-hybridized carbons (Fsp3) is 0.333. The first-order chi connectivity index (χ1) is 18.0. The minimum atomic E-state index is -0.317. The molecule has 0 atom stereocenters. The summed E-state index contributed by atoms with van der Waals surface area (Å²) in [7, 11) is 5.10. The van der Waals surface area contributed by atoms with Crippen LogP contribution in [0.4, 0.5) is 0 Å². The zero-order chi connectivity index (χ0) is 28.3. The van der Waals surface area contributed by atoms with Gasteiger partial charge in [0.2, 0.25) is 0 Å². The molecule has 220 valence electrons. The second-order valence-corrected chi connectivity index (χ2v) is 9.89. The van der Waals surface area contributed by atoms with Crippen LogP contribution in [-0.2, 0) is 26.7 Å². The van der Waals surface area contributed by atoms with Gasteiger partial charge in [-0.05, 0) is 32.6 Å². The summed E-state index contributed by atoms with van der Waals surface area (Å²) < 4.78 is 2.95. The predicted octanol–water partition coefficient (Wildman–Crippen LogP) is 5.20. The second-order valence-electron chi connectivity index (χ2n) is 8.26. The van der Waals surface area contributed by atoms with Crippen molar-refractivity contribution in [2.45, 2.75) is 33.0 Å². The highest BCUT2D eigenvalue weighted by molar-refractivity contribution is 8.93. The zero-order valence-corrected chi connectivity index (χ0v) is 27.4. The quantitative estimate of drug-likeness (QED) is 0.214. The van der Waals surface area contributed by atoms with E-state index in [2.05, 4.69) is 20.6 Å². The summed E-state index contributed by atoms with van der Waals surface area (Å²) >= 11 is 23.7.